The van der Waals surface area contributed by atoms with Crippen LogP contribution in [-0.4, -0.2) is 26.6 Å². The summed E-state index contributed by atoms with van der Waals surface area (Å²) in [5, 5.41) is 0.821. The number of aromatic nitrogens is 3. The van der Waals surface area contributed by atoms with E-state index >= 15 is 0 Å². The molecule has 0 amide bonds. The molecule has 1 N–H and O–H groups in total. The molecule has 2 aromatic heterocycles. The highest BCUT2D eigenvalue weighted by atomic mass is 35.5. The second kappa shape index (κ2) is 5.30. The van der Waals surface area contributed by atoms with E-state index in [1.807, 2.05) is 6.07 Å². The van der Waals surface area contributed by atoms with Crippen molar-refractivity contribution in [2.45, 2.75) is 0 Å². The number of nitrogens with one attached hydrogen (secondary N) is 1. The van der Waals surface area contributed by atoms with E-state index in [1.54, 1.807) is 30.7 Å². The van der Waals surface area contributed by atoms with E-state index in [0.29, 0.717) is 17.2 Å². The third kappa shape index (κ3) is 2.35. The van der Waals surface area contributed by atoms with Gasteiger partial charge < -0.3 is 9.72 Å². The van der Waals surface area contributed by atoms with Gasteiger partial charge in [-0.25, -0.2) is 4.98 Å². The number of alkyl halides is 1. The summed E-state index contributed by atoms with van der Waals surface area (Å²) in [7, 11) is 0. The van der Waals surface area contributed by atoms with Crippen LogP contribution in [0.1, 0.15) is 10.4 Å². The van der Waals surface area contributed by atoms with Crippen molar-refractivity contribution >= 4 is 28.3 Å². The molecule has 0 aliphatic rings. The van der Waals surface area contributed by atoms with Crippen molar-refractivity contribution in [2.75, 3.05) is 5.88 Å². The molecule has 20 heavy (non-hydrogen) atoms. The SMILES string of the molecule is O=C(CCl)c1c[nH]c2cc(Oc3cnccn3)ccc12. The number of fused-ring (bicyclic) bond motifs is 1. The summed E-state index contributed by atoms with van der Waals surface area (Å²) in [5.74, 6) is 0.880. The molecule has 5 nitrogen and oxygen atoms in total. The maximum atomic E-state index is 11.7. The Morgan fingerprint density at radius 3 is 3.00 bits per heavy atom. The maximum absolute atomic E-state index is 11.7. The fourth-order valence-corrected chi connectivity index (χ4v) is 2.07. The molecule has 0 aliphatic heterocycles. The number of nitrogens with zero attached hydrogens (tertiary/aromatic N) is 2. The monoisotopic (exact) mass is 287 g/mol. The lowest BCUT2D eigenvalue weighted by atomic mass is 10.1. The van der Waals surface area contributed by atoms with E-state index in [9.17, 15) is 4.79 Å². The molecule has 0 radical (unpaired) electrons. The average molecular weight is 288 g/mol. The summed E-state index contributed by atoms with van der Waals surface area (Å²) in [6.07, 6.45) is 6.31. The highest BCUT2D eigenvalue weighted by Gasteiger charge is 2.11. The number of hydrogen-bond donors (Lipinski definition) is 1. The first kappa shape index (κ1) is 12.6. The number of benzene rings is 1. The van der Waals surface area contributed by atoms with Gasteiger partial charge in [-0.05, 0) is 12.1 Å². The number of Topliss-reactive ketones (excluding diaryl/α,β-unsaturated/α-hetero) is 1. The lowest BCUT2D eigenvalue weighted by Gasteiger charge is -2.04. The number of ketones is 1. The molecule has 0 unspecified atom stereocenters. The molecule has 3 rings (SSSR count). The third-order valence-electron chi connectivity index (χ3n) is 2.84. The van der Waals surface area contributed by atoms with Crippen molar-refractivity contribution < 1.29 is 9.53 Å². The van der Waals surface area contributed by atoms with Crippen LogP contribution < -0.4 is 4.74 Å². The van der Waals surface area contributed by atoms with Crippen molar-refractivity contribution in [3.05, 3.63) is 48.5 Å². The molecule has 0 saturated heterocycles. The molecule has 0 atom stereocenters. The molecule has 0 bridgehead atoms. The first-order valence-corrected chi connectivity index (χ1v) is 6.45. The Balaban J connectivity index is 1.94. The van der Waals surface area contributed by atoms with E-state index in [-0.39, 0.29) is 11.7 Å². The number of carbonyl (C=O) groups is 1. The van der Waals surface area contributed by atoms with Gasteiger partial charge in [-0.2, -0.15) is 0 Å². The largest absolute Gasteiger partial charge is 0.437 e. The fraction of sp³-hybridized carbons (Fsp3) is 0.0714. The topological polar surface area (TPSA) is 67.9 Å². The number of ether oxygens (including phenoxy) is 1. The second-order valence-corrected chi connectivity index (χ2v) is 4.38. The summed E-state index contributed by atoms with van der Waals surface area (Å²) in [5.41, 5.74) is 1.39. The summed E-state index contributed by atoms with van der Waals surface area (Å²) in [6.45, 7) is 0. The Labute approximate surface area is 119 Å². The van der Waals surface area contributed by atoms with Gasteiger partial charge in [0.1, 0.15) is 5.75 Å². The predicted octanol–water partition coefficient (Wildman–Crippen LogP) is 3.17. The lowest BCUT2D eigenvalue weighted by Crippen LogP contribution is -1.98. The zero-order valence-electron chi connectivity index (χ0n) is 10.3. The van der Waals surface area contributed by atoms with Crippen LogP contribution in [0.15, 0.2) is 43.0 Å². The number of rotatable bonds is 4. The molecule has 100 valence electrons. The van der Waals surface area contributed by atoms with E-state index in [2.05, 4.69) is 15.0 Å². The van der Waals surface area contributed by atoms with Gasteiger partial charge in [0.05, 0.1) is 12.1 Å². The molecular weight excluding hydrogens is 278 g/mol. The van der Waals surface area contributed by atoms with Gasteiger partial charge in [-0.3, -0.25) is 9.78 Å². The predicted molar refractivity (Wildman–Crippen MR) is 75.5 cm³/mol. The minimum Gasteiger partial charge on any atom is -0.437 e. The maximum Gasteiger partial charge on any atom is 0.237 e. The van der Waals surface area contributed by atoms with Crippen molar-refractivity contribution in [1.82, 2.24) is 15.0 Å². The van der Waals surface area contributed by atoms with Gasteiger partial charge >= 0.3 is 0 Å². The van der Waals surface area contributed by atoms with Crippen LogP contribution in [0.25, 0.3) is 10.9 Å². The van der Waals surface area contributed by atoms with E-state index in [4.69, 9.17) is 16.3 Å². The van der Waals surface area contributed by atoms with E-state index in [0.717, 1.165) is 10.9 Å². The van der Waals surface area contributed by atoms with Crippen LogP contribution in [0.3, 0.4) is 0 Å². The van der Waals surface area contributed by atoms with Crippen LogP contribution in [0.2, 0.25) is 0 Å². The minimum atomic E-state index is -0.111. The van der Waals surface area contributed by atoms with E-state index < -0.39 is 0 Å². The first-order chi connectivity index (χ1) is 9.78. The molecule has 2 heterocycles. The molecule has 3 aromatic rings. The van der Waals surface area contributed by atoms with Crippen LogP contribution in [0, 0.1) is 0 Å². The Morgan fingerprint density at radius 2 is 2.25 bits per heavy atom. The Morgan fingerprint density at radius 1 is 1.35 bits per heavy atom. The van der Waals surface area contributed by atoms with Crippen molar-refractivity contribution in [3.8, 4) is 11.6 Å². The lowest BCUT2D eigenvalue weighted by molar-refractivity contribution is 0.102. The summed E-state index contributed by atoms with van der Waals surface area (Å²) < 4.78 is 5.58. The Bertz CT molecular complexity index is 755. The normalized spacial score (nSPS) is 10.7. The molecule has 1 aromatic carbocycles. The molecule has 0 aliphatic carbocycles. The number of carbonyl (C=O) groups excluding carboxylic acids is 1. The summed E-state index contributed by atoms with van der Waals surface area (Å²) in [4.78, 5) is 22.7. The van der Waals surface area contributed by atoms with Crippen molar-refractivity contribution in [2.24, 2.45) is 0 Å². The van der Waals surface area contributed by atoms with Gasteiger partial charge in [-0.15, -0.1) is 11.6 Å². The first-order valence-electron chi connectivity index (χ1n) is 5.92. The quantitative estimate of drug-likeness (QED) is 0.591. The third-order valence-corrected chi connectivity index (χ3v) is 3.08. The van der Waals surface area contributed by atoms with E-state index in [1.165, 1.54) is 6.20 Å². The fourth-order valence-electron chi connectivity index (χ4n) is 1.93. The summed E-state index contributed by atoms with van der Waals surface area (Å²) in [6, 6.07) is 5.39. The number of H-pyrrole nitrogens is 1. The van der Waals surface area contributed by atoms with Gasteiger partial charge in [-0.1, -0.05) is 0 Å². The van der Waals surface area contributed by atoms with Crippen molar-refractivity contribution in [1.29, 1.82) is 0 Å². The zero-order chi connectivity index (χ0) is 13.9. The molecule has 0 saturated carbocycles. The van der Waals surface area contributed by atoms with Crippen molar-refractivity contribution in [3.63, 3.8) is 0 Å². The Kier molecular flexibility index (Phi) is 3.35. The highest BCUT2D eigenvalue weighted by Crippen LogP contribution is 2.26. The minimum absolute atomic E-state index is 0.0369. The second-order valence-electron chi connectivity index (χ2n) is 4.11. The van der Waals surface area contributed by atoms with Crippen LogP contribution >= 0.6 is 11.6 Å². The van der Waals surface area contributed by atoms with Crippen LogP contribution in [-0.2, 0) is 0 Å². The van der Waals surface area contributed by atoms with Crippen LogP contribution in [0.4, 0.5) is 0 Å². The van der Waals surface area contributed by atoms with Gasteiger partial charge in [0.2, 0.25) is 5.88 Å². The average Bonchev–Trinajstić information content (AvgIpc) is 2.90. The Hall–Kier alpha value is -2.40. The zero-order valence-corrected chi connectivity index (χ0v) is 11.1. The molecular formula is C14H10ClN3O2. The number of hydrogen-bond acceptors (Lipinski definition) is 4. The van der Waals surface area contributed by atoms with Gasteiger partial charge in [0.25, 0.3) is 0 Å². The van der Waals surface area contributed by atoms with Gasteiger partial charge in [0, 0.05) is 41.1 Å². The molecule has 0 spiro atoms. The van der Waals surface area contributed by atoms with Crippen LogP contribution in [0.5, 0.6) is 11.6 Å². The molecule has 6 heteroatoms. The molecule has 0 fully saturated rings. The standard InChI is InChI=1S/C14H10ClN3O2/c15-6-13(19)11-7-18-12-5-9(1-2-10(11)12)20-14-8-16-3-4-17-14/h1-5,7-8,18H,6H2. The number of aromatic amines is 1. The highest BCUT2D eigenvalue weighted by molar-refractivity contribution is 6.32. The summed E-state index contributed by atoms with van der Waals surface area (Å²) >= 11 is 5.58. The smallest absolute Gasteiger partial charge is 0.237 e. The van der Waals surface area contributed by atoms with Gasteiger partial charge in [0.15, 0.2) is 5.78 Å². The number of halogens is 1.